The van der Waals surface area contributed by atoms with E-state index in [9.17, 15) is 9.00 Å². The van der Waals surface area contributed by atoms with Gasteiger partial charge in [0.2, 0.25) is 5.91 Å². The first-order valence-corrected chi connectivity index (χ1v) is 6.91. The molecule has 0 fully saturated rings. The summed E-state index contributed by atoms with van der Waals surface area (Å²) in [5, 5.41) is 5.86. The largest absolute Gasteiger partial charge is 0.354 e. The lowest BCUT2D eigenvalue weighted by Crippen LogP contribution is -2.40. The fraction of sp³-hybridized carbons (Fsp3) is 0.900. The van der Waals surface area contributed by atoms with Gasteiger partial charge in [-0.1, -0.05) is 6.92 Å². The third-order valence-electron chi connectivity index (χ3n) is 2.38. The van der Waals surface area contributed by atoms with Gasteiger partial charge in [-0.15, -0.1) is 0 Å². The summed E-state index contributed by atoms with van der Waals surface area (Å²) in [6.07, 6.45) is 2.65. The second-order valence-corrected chi connectivity index (χ2v) is 5.61. The Morgan fingerprint density at radius 2 is 2.00 bits per heavy atom. The number of carbonyl (C=O) groups is 1. The molecular weight excluding hydrogens is 212 g/mol. The predicted molar refractivity (Wildman–Crippen MR) is 64.3 cm³/mol. The molecule has 0 aliphatic heterocycles. The highest BCUT2D eigenvalue weighted by atomic mass is 32.2. The molecule has 3 unspecified atom stereocenters. The highest BCUT2D eigenvalue weighted by molar-refractivity contribution is 7.84. The minimum Gasteiger partial charge on any atom is -0.354 e. The lowest BCUT2D eigenvalue weighted by molar-refractivity contribution is -0.120. The van der Waals surface area contributed by atoms with E-state index in [2.05, 4.69) is 17.6 Å². The fourth-order valence-corrected chi connectivity index (χ4v) is 1.17. The molecular formula is C10H22N2O2S. The molecule has 0 aliphatic rings. The summed E-state index contributed by atoms with van der Waals surface area (Å²) >= 11 is 0. The van der Waals surface area contributed by atoms with E-state index in [1.807, 2.05) is 13.8 Å². The minimum atomic E-state index is -0.876. The number of rotatable bonds is 7. The molecule has 15 heavy (non-hydrogen) atoms. The first-order valence-electron chi connectivity index (χ1n) is 5.29. The highest BCUT2D eigenvalue weighted by Crippen LogP contribution is 1.90. The van der Waals surface area contributed by atoms with Crippen LogP contribution in [-0.2, 0) is 15.6 Å². The Labute approximate surface area is 94.7 Å². The van der Waals surface area contributed by atoms with Gasteiger partial charge in [0.25, 0.3) is 0 Å². The van der Waals surface area contributed by atoms with Crippen LogP contribution in [0.3, 0.4) is 0 Å². The van der Waals surface area contributed by atoms with Gasteiger partial charge in [0.15, 0.2) is 0 Å². The Kier molecular flexibility index (Phi) is 7.60. The molecule has 90 valence electrons. The van der Waals surface area contributed by atoms with E-state index in [1.54, 1.807) is 6.26 Å². The van der Waals surface area contributed by atoms with Crippen molar-refractivity contribution in [2.24, 2.45) is 0 Å². The summed E-state index contributed by atoms with van der Waals surface area (Å²) in [5.74, 6) is -0.0346. The van der Waals surface area contributed by atoms with Gasteiger partial charge in [-0.25, -0.2) is 0 Å². The summed E-state index contributed by atoms with van der Waals surface area (Å²) in [7, 11) is -0.876. The van der Waals surface area contributed by atoms with E-state index >= 15 is 0 Å². The molecule has 0 aromatic rings. The van der Waals surface area contributed by atoms with Crippen LogP contribution in [0.5, 0.6) is 0 Å². The van der Waals surface area contributed by atoms with Crippen LogP contribution in [0.2, 0.25) is 0 Å². The molecule has 0 aromatic heterocycles. The van der Waals surface area contributed by atoms with E-state index in [1.165, 1.54) is 0 Å². The van der Waals surface area contributed by atoms with Crippen molar-refractivity contribution in [3.8, 4) is 0 Å². The number of hydrogen-bond acceptors (Lipinski definition) is 3. The summed E-state index contributed by atoms with van der Waals surface area (Å²) in [4.78, 5) is 11.3. The van der Waals surface area contributed by atoms with E-state index < -0.39 is 10.8 Å². The van der Waals surface area contributed by atoms with Gasteiger partial charge in [0.1, 0.15) is 0 Å². The lowest BCUT2D eigenvalue weighted by atomic mass is 10.2. The van der Waals surface area contributed by atoms with E-state index in [0.717, 1.165) is 6.42 Å². The van der Waals surface area contributed by atoms with Crippen LogP contribution in [0.4, 0.5) is 0 Å². The Hall–Kier alpha value is -0.420. The highest BCUT2D eigenvalue weighted by Gasteiger charge is 2.08. The van der Waals surface area contributed by atoms with Gasteiger partial charge in [-0.3, -0.25) is 9.00 Å². The van der Waals surface area contributed by atoms with Crippen LogP contribution in [0, 0.1) is 0 Å². The second-order valence-electron chi connectivity index (χ2n) is 3.80. The standard InChI is InChI=1S/C10H22N2O2S/c1-5-8(2)11-7-10(13)12-6-9(3)15(4)14/h8-9,11H,5-7H2,1-4H3,(H,12,13). The van der Waals surface area contributed by atoms with Crippen LogP contribution >= 0.6 is 0 Å². The zero-order chi connectivity index (χ0) is 11.8. The van der Waals surface area contributed by atoms with Crippen molar-refractivity contribution < 1.29 is 9.00 Å². The topological polar surface area (TPSA) is 58.2 Å². The number of hydrogen-bond donors (Lipinski definition) is 2. The Morgan fingerprint density at radius 3 is 2.47 bits per heavy atom. The van der Waals surface area contributed by atoms with Crippen LogP contribution in [0.25, 0.3) is 0 Å². The molecule has 0 bridgehead atoms. The van der Waals surface area contributed by atoms with Crippen molar-refractivity contribution in [3.05, 3.63) is 0 Å². The molecule has 0 radical (unpaired) electrons. The van der Waals surface area contributed by atoms with Crippen molar-refractivity contribution in [3.63, 3.8) is 0 Å². The minimum absolute atomic E-state index is 0.0116. The molecule has 0 spiro atoms. The molecule has 0 saturated heterocycles. The van der Waals surface area contributed by atoms with Crippen molar-refractivity contribution in [1.82, 2.24) is 10.6 Å². The Bertz CT molecular complexity index is 221. The molecule has 5 heteroatoms. The lowest BCUT2D eigenvalue weighted by Gasteiger charge is -2.13. The molecule has 0 saturated carbocycles. The number of nitrogens with one attached hydrogen (secondary N) is 2. The molecule has 0 heterocycles. The van der Waals surface area contributed by atoms with Gasteiger partial charge in [0.05, 0.1) is 6.54 Å². The Balaban J connectivity index is 3.62. The zero-order valence-corrected chi connectivity index (χ0v) is 10.8. The monoisotopic (exact) mass is 234 g/mol. The average Bonchev–Trinajstić information content (AvgIpc) is 2.21. The van der Waals surface area contributed by atoms with Crippen LogP contribution in [-0.4, -0.2) is 40.8 Å². The van der Waals surface area contributed by atoms with Crippen molar-refractivity contribution in [2.75, 3.05) is 19.3 Å². The van der Waals surface area contributed by atoms with Crippen molar-refractivity contribution in [1.29, 1.82) is 0 Å². The maximum absolute atomic E-state index is 11.3. The smallest absolute Gasteiger partial charge is 0.234 e. The van der Waals surface area contributed by atoms with Gasteiger partial charge in [0, 0.05) is 34.9 Å². The third kappa shape index (κ3) is 7.50. The third-order valence-corrected chi connectivity index (χ3v) is 3.68. The molecule has 3 atom stereocenters. The summed E-state index contributed by atoms with van der Waals surface area (Å²) < 4.78 is 11.0. The summed E-state index contributed by atoms with van der Waals surface area (Å²) in [5.41, 5.74) is 0. The van der Waals surface area contributed by atoms with Crippen LogP contribution < -0.4 is 10.6 Å². The van der Waals surface area contributed by atoms with Crippen LogP contribution in [0.15, 0.2) is 0 Å². The molecule has 0 aromatic carbocycles. The van der Waals surface area contributed by atoms with Crippen LogP contribution in [0.1, 0.15) is 27.2 Å². The normalized spacial score (nSPS) is 16.8. The first-order chi connectivity index (χ1) is 6.97. The molecule has 0 rings (SSSR count). The quantitative estimate of drug-likeness (QED) is 0.664. The second kappa shape index (κ2) is 7.82. The predicted octanol–water partition coefficient (Wildman–Crippen LogP) is 0.258. The van der Waals surface area contributed by atoms with Crippen molar-refractivity contribution >= 4 is 16.7 Å². The van der Waals surface area contributed by atoms with Gasteiger partial charge >= 0.3 is 0 Å². The Morgan fingerprint density at radius 1 is 1.40 bits per heavy atom. The number of carbonyl (C=O) groups excluding carboxylic acids is 1. The van der Waals surface area contributed by atoms with E-state index in [-0.39, 0.29) is 11.2 Å². The molecule has 1 amide bonds. The average molecular weight is 234 g/mol. The summed E-state index contributed by atoms with van der Waals surface area (Å²) in [6.45, 7) is 6.77. The van der Waals surface area contributed by atoms with Gasteiger partial charge < -0.3 is 10.6 Å². The summed E-state index contributed by atoms with van der Waals surface area (Å²) in [6, 6.07) is 0.355. The molecule has 0 aliphatic carbocycles. The number of amides is 1. The van der Waals surface area contributed by atoms with E-state index in [0.29, 0.717) is 19.1 Å². The first kappa shape index (κ1) is 14.6. The molecule has 2 N–H and O–H groups in total. The molecule has 4 nitrogen and oxygen atoms in total. The van der Waals surface area contributed by atoms with E-state index in [4.69, 9.17) is 0 Å². The maximum Gasteiger partial charge on any atom is 0.234 e. The van der Waals surface area contributed by atoms with Gasteiger partial charge in [-0.2, -0.15) is 0 Å². The SMILES string of the molecule is CCC(C)NCC(=O)NCC(C)S(C)=O. The van der Waals surface area contributed by atoms with Crippen molar-refractivity contribution in [2.45, 2.75) is 38.5 Å². The zero-order valence-electron chi connectivity index (χ0n) is 10.0. The maximum atomic E-state index is 11.3. The fourth-order valence-electron chi connectivity index (χ4n) is 0.849. The van der Waals surface area contributed by atoms with Gasteiger partial charge in [-0.05, 0) is 20.3 Å².